The number of nitrogens with zero attached hydrogens (tertiary/aromatic N) is 5. The standard InChI is InChI=1S/C18H18N6O/c25-17-10-5-11-23(17)16-9-4-6-14(12-16)13-19-18-20-21-22-24(18)15-7-2-1-3-8-15/h1-4,6-9,12H,5,10-11,13H2,(H,19,20,22). The molecule has 0 atom stereocenters. The Bertz CT molecular complexity index is 876. The molecular formula is C18H18N6O. The Hall–Kier alpha value is -3.22. The number of anilines is 2. The number of benzene rings is 2. The number of para-hydroxylation sites is 1. The van der Waals surface area contributed by atoms with Crippen molar-refractivity contribution in [2.75, 3.05) is 16.8 Å². The summed E-state index contributed by atoms with van der Waals surface area (Å²) in [5.74, 6) is 0.770. The quantitative estimate of drug-likeness (QED) is 0.775. The predicted molar refractivity (Wildman–Crippen MR) is 94.5 cm³/mol. The van der Waals surface area contributed by atoms with Crippen molar-refractivity contribution in [2.24, 2.45) is 0 Å². The lowest BCUT2D eigenvalue weighted by Gasteiger charge is -2.16. The van der Waals surface area contributed by atoms with Gasteiger partial charge in [-0.25, -0.2) is 0 Å². The number of hydrogen-bond donors (Lipinski definition) is 1. The Kier molecular flexibility index (Phi) is 4.12. The molecule has 0 unspecified atom stereocenters. The molecule has 0 radical (unpaired) electrons. The number of nitrogens with one attached hydrogen (secondary N) is 1. The first-order valence-electron chi connectivity index (χ1n) is 8.28. The summed E-state index contributed by atoms with van der Waals surface area (Å²) in [7, 11) is 0. The fourth-order valence-corrected chi connectivity index (χ4v) is 2.98. The molecule has 1 aliphatic rings. The largest absolute Gasteiger partial charge is 0.349 e. The van der Waals surface area contributed by atoms with Gasteiger partial charge in [0.2, 0.25) is 11.9 Å². The SMILES string of the molecule is O=C1CCCN1c1cccc(CNc2nnnn2-c2ccccc2)c1. The van der Waals surface area contributed by atoms with Crippen molar-refractivity contribution in [1.29, 1.82) is 0 Å². The molecule has 0 aliphatic carbocycles. The van der Waals surface area contributed by atoms with Crippen molar-refractivity contribution in [3.8, 4) is 5.69 Å². The van der Waals surface area contributed by atoms with E-state index in [1.54, 1.807) is 4.68 Å². The minimum atomic E-state index is 0.193. The van der Waals surface area contributed by atoms with E-state index >= 15 is 0 Å². The van der Waals surface area contributed by atoms with Crippen LogP contribution in [0.3, 0.4) is 0 Å². The van der Waals surface area contributed by atoms with Gasteiger partial charge in [0.15, 0.2) is 0 Å². The molecular weight excluding hydrogens is 316 g/mol. The summed E-state index contributed by atoms with van der Waals surface area (Å²) in [6.07, 6.45) is 1.56. The van der Waals surface area contributed by atoms with E-state index in [1.807, 2.05) is 59.5 Å². The van der Waals surface area contributed by atoms with Crippen LogP contribution >= 0.6 is 0 Å². The summed E-state index contributed by atoms with van der Waals surface area (Å²) < 4.78 is 1.66. The van der Waals surface area contributed by atoms with Gasteiger partial charge in [0.25, 0.3) is 0 Å². The van der Waals surface area contributed by atoms with Crippen LogP contribution in [0, 0.1) is 0 Å². The third-order valence-electron chi connectivity index (χ3n) is 4.22. The molecule has 0 saturated carbocycles. The summed E-state index contributed by atoms with van der Waals surface area (Å²) in [6, 6.07) is 17.7. The van der Waals surface area contributed by atoms with E-state index in [0.29, 0.717) is 18.9 Å². The van der Waals surface area contributed by atoms with E-state index < -0.39 is 0 Å². The molecule has 1 aromatic heterocycles. The van der Waals surface area contributed by atoms with Crippen LogP contribution in [0.15, 0.2) is 54.6 Å². The molecule has 2 aromatic carbocycles. The molecule has 1 saturated heterocycles. The first-order chi connectivity index (χ1) is 12.3. The third kappa shape index (κ3) is 3.21. The molecule has 1 aliphatic heterocycles. The number of tetrazole rings is 1. The van der Waals surface area contributed by atoms with E-state index in [2.05, 4.69) is 20.8 Å². The van der Waals surface area contributed by atoms with Crippen molar-refractivity contribution in [3.63, 3.8) is 0 Å². The zero-order chi connectivity index (χ0) is 17.1. The van der Waals surface area contributed by atoms with Gasteiger partial charge < -0.3 is 10.2 Å². The van der Waals surface area contributed by atoms with Crippen LogP contribution in [0.1, 0.15) is 18.4 Å². The fourth-order valence-electron chi connectivity index (χ4n) is 2.98. The Balaban J connectivity index is 1.49. The number of aromatic nitrogens is 4. The van der Waals surface area contributed by atoms with E-state index in [4.69, 9.17) is 0 Å². The zero-order valence-electron chi connectivity index (χ0n) is 13.7. The molecule has 3 aromatic rings. The van der Waals surface area contributed by atoms with Gasteiger partial charge in [-0.2, -0.15) is 4.68 Å². The highest BCUT2D eigenvalue weighted by atomic mass is 16.2. The Morgan fingerprint density at radius 1 is 1.04 bits per heavy atom. The highest BCUT2D eigenvalue weighted by molar-refractivity contribution is 5.95. The molecule has 1 N–H and O–H groups in total. The molecule has 2 heterocycles. The van der Waals surface area contributed by atoms with Gasteiger partial charge in [-0.1, -0.05) is 35.4 Å². The van der Waals surface area contributed by atoms with Crippen LogP contribution in [0.2, 0.25) is 0 Å². The van der Waals surface area contributed by atoms with Gasteiger partial charge >= 0.3 is 0 Å². The molecule has 0 spiro atoms. The maximum atomic E-state index is 11.9. The predicted octanol–water partition coefficient (Wildman–Crippen LogP) is 2.40. The van der Waals surface area contributed by atoms with E-state index in [1.165, 1.54) is 0 Å². The molecule has 126 valence electrons. The van der Waals surface area contributed by atoms with Crippen molar-refractivity contribution >= 4 is 17.5 Å². The lowest BCUT2D eigenvalue weighted by Crippen LogP contribution is -2.23. The van der Waals surface area contributed by atoms with E-state index in [0.717, 1.165) is 29.9 Å². The molecule has 0 bridgehead atoms. The van der Waals surface area contributed by atoms with Crippen LogP contribution in [-0.4, -0.2) is 32.7 Å². The second-order valence-corrected chi connectivity index (χ2v) is 5.92. The fraction of sp³-hybridized carbons (Fsp3) is 0.222. The topological polar surface area (TPSA) is 75.9 Å². The maximum Gasteiger partial charge on any atom is 0.248 e. The number of carbonyl (C=O) groups excluding carboxylic acids is 1. The first-order valence-corrected chi connectivity index (χ1v) is 8.28. The van der Waals surface area contributed by atoms with Crippen molar-refractivity contribution in [2.45, 2.75) is 19.4 Å². The molecule has 4 rings (SSSR count). The van der Waals surface area contributed by atoms with Crippen molar-refractivity contribution < 1.29 is 4.79 Å². The Labute approximate surface area is 145 Å². The summed E-state index contributed by atoms with van der Waals surface area (Å²) >= 11 is 0. The lowest BCUT2D eigenvalue weighted by molar-refractivity contribution is -0.117. The summed E-state index contributed by atoms with van der Waals surface area (Å²) in [5, 5.41) is 15.1. The van der Waals surface area contributed by atoms with Gasteiger partial charge in [-0.15, -0.1) is 0 Å². The maximum absolute atomic E-state index is 11.9. The van der Waals surface area contributed by atoms with E-state index in [9.17, 15) is 4.79 Å². The van der Waals surface area contributed by atoms with E-state index in [-0.39, 0.29) is 5.91 Å². The van der Waals surface area contributed by atoms with Crippen molar-refractivity contribution in [1.82, 2.24) is 20.2 Å². The third-order valence-corrected chi connectivity index (χ3v) is 4.22. The smallest absolute Gasteiger partial charge is 0.248 e. The molecule has 1 amide bonds. The minimum absolute atomic E-state index is 0.193. The van der Waals surface area contributed by atoms with Crippen molar-refractivity contribution in [3.05, 3.63) is 60.2 Å². The highest BCUT2D eigenvalue weighted by Gasteiger charge is 2.21. The summed E-state index contributed by atoms with van der Waals surface area (Å²) in [6.45, 7) is 1.37. The van der Waals surface area contributed by atoms with Gasteiger partial charge in [0.1, 0.15) is 0 Å². The van der Waals surface area contributed by atoms with Gasteiger partial charge in [0, 0.05) is 25.2 Å². The number of rotatable bonds is 5. The van der Waals surface area contributed by atoms with Gasteiger partial charge in [0.05, 0.1) is 5.69 Å². The van der Waals surface area contributed by atoms with Crippen LogP contribution in [0.25, 0.3) is 5.69 Å². The van der Waals surface area contributed by atoms with Gasteiger partial charge in [-0.3, -0.25) is 4.79 Å². The average Bonchev–Trinajstić information content (AvgIpc) is 3.30. The average molecular weight is 334 g/mol. The molecule has 25 heavy (non-hydrogen) atoms. The molecule has 1 fully saturated rings. The highest BCUT2D eigenvalue weighted by Crippen LogP contribution is 2.22. The summed E-state index contributed by atoms with van der Waals surface area (Å²) in [5.41, 5.74) is 2.91. The Morgan fingerprint density at radius 3 is 2.68 bits per heavy atom. The number of carbonyl (C=O) groups is 1. The number of hydrogen-bond acceptors (Lipinski definition) is 5. The molecule has 7 heteroatoms. The zero-order valence-corrected chi connectivity index (χ0v) is 13.7. The lowest BCUT2D eigenvalue weighted by atomic mass is 10.2. The van der Waals surface area contributed by atoms with Crippen LogP contribution in [0.4, 0.5) is 11.6 Å². The van der Waals surface area contributed by atoms with Crippen LogP contribution in [0.5, 0.6) is 0 Å². The van der Waals surface area contributed by atoms with Crippen LogP contribution < -0.4 is 10.2 Å². The Morgan fingerprint density at radius 2 is 1.88 bits per heavy atom. The summed E-state index contributed by atoms with van der Waals surface area (Å²) in [4.78, 5) is 13.8. The first kappa shape index (κ1) is 15.3. The monoisotopic (exact) mass is 334 g/mol. The second-order valence-electron chi connectivity index (χ2n) is 5.92. The van der Waals surface area contributed by atoms with Gasteiger partial charge in [-0.05, 0) is 46.7 Å². The normalized spacial score (nSPS) is 14.1. The second kappa shape index (κ2) is 6.72. The minimum Gasteiger partial charge on any atom is -0.349 e. The molecule has 7 nitrogen and oxygen atoms in total. The number of amides is 1. The van der Waals surface area contributed by atoms with Crippen LogP contribution in [-0.2, 0) is 11.3 Å².